The van der Waals surface area contributed by atoms with E-state index in [9.17, 15) is 8.42 Å². The number of aliphatic hydroxyl groups is 1. The fourth-order valence-electron chi connectivity index (χ4n) is 1.84. The van der Waals surface area contributed by atoms with Crippen LogP contribution in [0.4, 0.5) is 0 Å². The van der Waals surface area contributed by atoms with Crippen molar-refractivity contribution in [3.8, 4) is 0 Å². The number of aliphatic hydroxyl groups excluding tert-OH is 1. The Balaban J connectivity index is 3.10. The van der Waals surface area contributed by atoms with Gasteiger partial charge in [-0.25, -0.2) is 13.1 Å². The standard InChI is InChI=1S/C13H20ClNO3S/c1-4-13(3,7-8-16)15-19(17,18)12-6-5-11(14)9-10(12)2/h5-6,9,15-16H,4,7-8H2,1-3H3. The number of benzene rings is 1. The quantitative estimate of drug-likeness (QED) is 0.848. The van der Waals surface area contributed by atoms with Gasteiger partial charge in [-0.15, -0.1) is 0 Å². The molecule has 19 heavy (non-hydrogen) atoms. The van der Waals surface area contributed by atoms with E-state index in [1.807, 2.05) is 6.92 Å². The minimum Gasteiger partial charge on any atom is -0.396 e. The molecular weight excluding hydrogens is 286 g/mol. The van der Waals surface area contributed by atoms with Crippen LogP contribution in [0.1, 0.15) is 32.3 Å². The summed E-state index contributed by atoms with van der Waals surface area (Å²) >= 11 is 5.83. The van der Waals surface area contributed by atoms with Crippen molar-refractivity contribution in [3.05, 3.63) is 28.8 Å². The van der Waals surface area contributed by atoms with Crippen LogP contribution in [-0.2, 0) is 10.0 Å². The first-order valence-corrected chi connectivity index (χ1v) is 8.01. The van der Waals surface area contributed by atoms with Gasteiger partial charge < -0.3 is 5.11 Å². The molecule has 0 aliphatic carbocycles. The molecule has 6 heteroatoms. The number of sulfonamides is 1. The molecule has 1 atom stereocenters. The first-order valence-electron chi connectivity index (χ1n) is 6.15. The fourth-order valence-corrected chi connectivity index (χ4v) is 3.80. The molecule has 108 valence electrons. The summed E-state index contributed by atoms with van der Waals surface area (Å²) in [6.45, 7) is 5.31. The average molecular weight is 306 g/mol. The largest absolute Gasteiger partial charge is 0.396 e. The predicted molar refractivity (Wildman–Crippen MR) is 76.9 cm³/mol. The molecule has 1 aromatic rings. The molecule has 0 amide bonds. The van der Waals surface area contributed by atoms with E-state index in [2.05, 4.69) is 4.72 Å². The molecule has 0 saturated carbocycles. The second-order valence-corrected chi connectivity index (χ2v) is 6.99. The highest BCUT2D eigenvalue weighted by molar-refractivity contribution is 7.89. The Morgan fingerprint density at radius 1 is 1.42 bits per heavy atom. The van der Waals surface area contributed by atoms with Gasteiger partial charge in [0.1, 0.15) is 0 Å². The first-order chi connectivity index (χ1) is 8.74. The van der Waals surface area contributed by atoms with Gasteiger partial charge in [0.25, 0.3) is 0 Å². The number of halogens is 1. The van der Waals surface area contributed by atoms with Gasteiger partial charge in [0.2, 0.25) is 10.0 Å². The van der Waals surface area contributed by atoms with Crippen LogP contribution in [0.5, 0.6) is 0 Å². The molecule has 0 aliphatic heterocycles. The zero-order chi connectivity index (χ0) is 14.7. The van der Waals surface area contributed by atoms with Crippen LogP contribution in [-0.4, -0.2) is 25.7 Å². The van der Waals surface area contributed by atoms with Crippen molar-refractivity contribution in [1.82, 2.24) is 4.72 Å². The van der Waals surface area contributed by atoms with Crippen LogP contribution in [0.2, 0.25) is 5.02 Å². The molecular formula is C13H20ClNO3S. The third-order valence-electron chi connectivity index (χ3n) is 3.25. The molecule has 2 N–H and O–H groups in total. The average Bonchev–Trinajstić information content (AvgIpc) is 2.27. The summed E-state index contributed by atoms with van der Waals surface area (Å²) < 4.78 is 27.4. The lowest BCUT2D eigenvalue weighted by Crippen LogP contribution is -2.46. The molecule has 1 aromatic carbocycles. The van der Waals surface area contributed by atoms with Crippen molar-refractivity contribution >= 4 is 21.6 Å². The van der Waals surface area contributed by atoms with Crippen molar-refractivity contribution in [2.45, 2.75) is 44.0 Å². The third-order valence-corrected chi connectivity index (χ3v) is 5.28. The van der Waals surface area contributed by atoms with E-state index >= 15 is 0 Å². The molecule has 0 bridgehead atoms. The lowest BCUT2D eigenvalue weighted by atomic mass is 9.97. The number of aryl methyl sites for hydroxylation is 1. The van der Waals surface area contributed by atoms with Crippen molar-refractivity contribution in [2.75, 3.05) is 6.61 Å². The Kier molecular flexibility index (Phi) is 5.38. The van der Waals surface area contributed by atoms with Gasteiger partial charge in [-0.3, -0.25) is 0 Å². The van der Waals surface area contributed by atoms with Gasteiger partial charge in [-0.1, -0.05) is 18.5 Å². The highest BCUT2D eigenvalue weighted by Crippen LogP contribution is 2.23. The maximum atomic E-state index is 12.4. The van der Waals surface area contributed by atoms with Gasteiger partial charge in [-0.2, -0.15) is 0 Å². The maximum Gasteiger partial charge on any atom is 0.241 e. The molecule has 4 nitrogen and oxygen atoms in total. The summed E-state index contributed by atoms with van der Waals surface area (Å²) in [4.78, 5) is 0.217. The monoisotopic (exact) mass is 305 g/mol. The normalized spacial score (nSPS) is 15.2. The Morgan fingerprint density at radius 2 is 2.05 bits per heavy atom. The first kappa shape index (κ1) is 16.4. The van der Waals surface area contributed by atoms with Gasteiger partial charge >= 0.3 is 0 Å². The molecule has 0 fully saturated rings. The van der Waals surface area contributed by atoms with Crippen LogP contribution in [0.25, 0.3) is 0 Å². The molecule has 1 unspecified atom stereocenters. The lowest BCUT2D eigenvalue weighted by molar-refractivity contribution is 0.233. The van der Waals surface area contributed by atoms with E-state index < -0.39 is 15.6 Å². The van der Waals surface area contributed by atoms with E-state index in [1.165, 1.54) is 6.07 Å². The number of hydrogen-bond acceptors (Lipinski definition) is 3. The third kappa shape index (κ3) is 4.18. The Morgan fingerprint density at radius 3 is 2.53 bits per heavy atom. The molecule has 0 spiro atoms. The maximum absolute atomic E-state index is 12.4. The SMILES string of the molecule is CCC(C)(CCO)NS(=O)(=O)c1ccc(Cl)cc1C. The number of hydrogen-bond donors (Lipinski definition) is 2. The summed E-state index contributed by atoms with van der Waals surface area (Å²) in [5, 5.41) is 9.54. The highest BCUT2D eigenvalue weighted by Gasteiger charge is 2.29. The molecule has 0 aromatic heterocycles. The van der Waals surface area contributed by atoms with Crippen molar-refractivity contribution in [2.24, 2.45) is 0 Å². The summed E-state index contributed by atoms with van der Waals surface area (Å²) in [5.74, 6) is 0. The molecule has 1 rings (SSSR count). The van der Waals surface area contributed by atoms with Crippen LogP contribution >= 0.6 is 11.6 Å². The summed E-state index contributed by atoms with van der Waals surface area (Å²) in [7, 11) is -3.62. The predicted octanol–water partition coefficient (Wildman–Crippen LogP) is 2.48. The number of nitrogens with one attached hydrogen (secondary N) is 1. The van der Waals surface area contributed by atoms with Crippen molar-refractivity contribution < 1.29 is 13.5 Å². The highest BCUT2D eigenvalue weighted by atomic mass is 35.5. The Bertz CT molecular complexity index is 545. The van der Waals surface area contributed by atoms with E-state index in [0.29, 0.717) is 23.4 Å². The zero-order valence-corrected chi connectivity index (χ0v) is 13.0. The van der Waals surface area contributed by atoms with Crippen LogP contribution in [0.3, 0.4) is 0 Å². The van der Waals surface area contributed by atoms with Crippen molar-refractivity contribution in [3.63, 3.8) is 0 Å². The van der Waals surface area contributed by atoms with Crippen LogP contribution in [0.15, 0.2) is 23.1 Å². The molecule has 0 heterocycles. The second-order valence-electron chi connectivity index (χ2n) is 4.90. The summed E-state index contributed by atoms with van der Waals surface area (Å²) in [6, 6.07) is 4.67. The number of rotatable bonds is 6. The smallest absolute Gasteiger partial charge is 0.241 e. The summed E-state index contributed by atoms with van der Waals surface area (Å²) in [5.41, 5.74) is -0.0536. The van der Waals surface area contributed by atoms with E-state index in [4.69, 9.17) is 16.7 Å². The minimum absolute atomic E-state index is 0.0630. The van der Waals surface area contributed by atoms with E-state index in [-0.39, 0.29) is 11.5 Å². The minimum atomic E-state index is -3.62. The fraction of sp³-hybridized carbons (Fsp3) is 0.538. The topological polar surface area (TPSA) is 66.4 Å². The van der Waals surface area contributed by atoms with Crippen LogP contribution in [0, 0.1) is 6.92 Å². The zero-order valence-electron chi connectivity index (χ0n) is 11.4. The van der Waals surface area contributed by atoms with Gasteiger partial charge in [0.15, 0.2) is 0 Å². The van der Waals surface area contributed by atoms with E-state index in [1.54, 1.807) is 26.0 Å². The Hall–Kier alpha value is -0.620. The lowest BCUT2D eigenvalue weighted by Gasteiger charge is -2.28. The molecule has 0 saturated heterocycles. The van der Waals surface area contributed by atoms with Gasteiger partial charge in [0, 0.05) is 17.2 Å². The van der Waals surface area contributed by atoms with E-state index in [0.717, 1.165) is 0 Å². The van der Waals surface area contributed by atoms with Crippen molar-refractivity contribution in [1.29, 1.82) is 0 Å². The van der Waals surface area contributed by atoms with Gasteiger partial charge in [0.05, 0.1) is 4.90 Å². The Labute approximate surface area is 119 Å². The van der Waals surface area contributed by atoms with Crippen LogP contribution < -0.4 is 4.72 Å². The second kappa shape index (κ2) is 6.22. The summed E-state index contributed by atoms with van der Waals surface area (Å²) in [6.07, 6.45) is 0.967. The molecule has 0 aliphatic rings. The van der Waals surface area contributed by atoms with Gasteiger partial charge in [-0.05, 0) is 50.5 Å². The molecule has 0 radical (unpaired) electrons.